The van der Waals surface area contributed by atoms with Crippen LogP contribution in [0.15, 0.2) is 24.3 Å². The molecule has 0 saturated carbocycles. The van der Waals surface area contributed by atoms with Gasteiger partial charge in [-0.2, -0.15) is 0 Å². The number of carbonyl (C=O) groups is 3. The highest BCUT2D eigenvalue weighted by Gasteiger charge is 2.38. The highest BCUT2D eigenvalue weighted by Crippen LogP contribution is 2.23. The van der Waals surface area contributed by atoms with Crippen molar-refractivity contribution in [1.29, 1.82) is 0 Å². The van der Waals surface area contributed by atoms with E-state index in [0.29, 0.717) is 31.6 Å². The maximum Gasteiger partial charge on any atom is 0.408 e. The number of alkyl carbamates (subject to hydrolysis) is 1. The molecule has 1 unspecified atom stereocenters. The first-order valence-corrected chi connectivity index (χ1v) is 10.9. The summed E-state index contributed by atoms with van der Waals surface area (Å²) in [6.07, 6.45) is 0.553. The molecule has 1 aliphatic heterocycles. The molecule has 0 aromatic heterocycles. The zero-order chi connectivity index (χ0) is 24.1. The predicted octanol–water partition coefficient (Wildman–Crippen LogP) is 3.88. The number of piperidine rings is 1. The lowest BCUT2D eigenvalue weighted by Gasteiger charge is -2.38. The molecule has 1 saturated heterocycles. The Kier molecular flexibility index (Phi) is 8.09. The number of hydrogen-bond donors (Lipinski definition) is 3. The Labute approximate surface area is 189 Å². The largest absolute Gasteiger partial charge is 0.444 e. The Morgan fingerprint density at radius 1 is 1.03 bits per heavy atom. The zero-order valence-corrected chi connectivity index (χ0v) is 19.8. The Morgan fingerprint density at radius 3 is 2.09 bits per heavy atom. The fraction of sp³-hybridized carbons (Fsp3) is 0.609. The molecule has 8 nitrogen and oxygen atoms in total. The average Bonchev–Trinajstić information content (AvgIpc) is 2.66. The van der Waals surface area contributed by atoms with E-state index in [9.17, 15) is 18.8 Å². The van der Waals surface area contributed by atoms with Crippen molar-refractivity contribution in [2.24, 2.45) is 5.41 Å². The van der Waals surface area contributed by atoms with Gasteiger partial charge in [0.25, 0.3) is 0 Å². The smallest absolute Gasteiger partial charge is 0.408 e. The van der Waals surface area contributed by atoms with Crippen LogP contribution in [0.25, 0.3) is 0 Å². The van der Waals surface area contributed by atoms with E-state index in [-0.39, 0.29) is 23.8 Å². The van der Waals surface area contributed by atoms with E-state index >= 15 is 0 Å². The standard InChI is InChI=1S/C23H35FN4O4/c1-22(2,3)18(27-21(31)32-23(4,5)6)19(29)28-13-11-17(12-14-28)26-20(30)25-16-9-7-15(24)8-10-16/h7-10,17-18H,11-14H2,1-6H3,(H,27,31)(H2,25,26,30). The summed E-state index contributed by atoms with van der Waals surface area (Å²) >= 11 is 0. The number of hydrogen-bond acceptors (Lipinski definition) is 4. The lowest BCUT2D eigenvalue weighted by Crippen LogP contribution is -2.57. The summed E-state index contributed by atoms with van der Waals surface area (Å²) in [4.78, 5) is 39.3. The molecule has 1 aromatic carbocycles. The van der Waals surface area contributed by atoms with Gasteiger partial charge in [0.2, 0.25) is 5.91 Å². The molecule has 0 spiro atoms. The number of nitrogens with zero attached hydrogens (tertiary/aromatic N) is 1. The first-order valence-electron chi connectivity index (χ1n) is 10.9. The van der Waals surface area contributed by atoms with E-state index < -0.39 is 23.2 Å². The minimum Gasteiger partial charge on any atom is -0.444 e. The van der Waals surface area contributed by atoms with Crippen molar-refractivity contribution >= 4 is 23.7 Å². The van der Waals surface area contributed by atoms with Crippen LogP contribution < -0.4 is 16.0 Å². The maximum absolute atomic E-state index is 13.2. The fourth-order valence-corrected chi connectivity index (χ4v) is 3.39. The molecule has 3 N–H and O–H groups in total. The molecular formula is C23H35FN4O4. The molecule has 2 rings (SSSR count). The molecule has 178 valence electrons. The third-order valence-electron chi connectivity index (χ3n) is 5.02. The molecule has 0 bridgehead atoms. The number of rotatable bonds is 4. The number of anilines is 1. The van der Waals surface area contributed by atoms with E-state index in [2.05, 4.69) is 16.0 Å². The summed E-state index contributed by atoms with van der Waals surface area (Å²) < 4.78 is 18.3. The van der Waals surface area contributed by atoms with Crippen LogP contribution in [-0.4, -0.2) is 53.7 Å². The monoisotopic (exact) mass is 450 g/mol. The van der Waals surface area contributed by atoms with Crippen molar-refractivity contribution in [1.82, 2.24) is 15.5 Å². The summed E-state index contributed by atoms with van der Waals surface area (Å²) in [6, 6.07) is 4.32. The molecule has 4 amide bonds. The number of urea groups is 1. The summed E-state index contributed by atoms with van der Waals surface area (Å²) in [5.41, 5.74) is -0.663. The van der Waals surface area contributed by atoms with E-state index in [1.807, 2.05) is 20.8 Å². The lowest BCUT2D eigenvalue weighted by molar-refractivity contribution is -0.137. The Bertz CT molecular complexity index is 807. The third kappa shape index (κ3) is 8.01. The second-order valence-corrected chi connectivity index (χ2v) is 10.2. The Morgan fingerprint density at radius 2 is 1.59 bits per heavy atom. The molecule has 1 heterocycles. The number of likely N-dealkylation sites (tertiary alicyclic amines) is 1. The number of halogens is 1. The molecule has 9 heteroatoms. The van der Waals surface area contributed by atoms with Crippen LogP contribution in [0.3, 0.4) is 0 Å². The van der Waals surface area contributed by atoms with Gasteiger partial charge in [-0.25, -0.2) is 14.0 Å². The van der Waals surface area contributed by atoms with Crippen LogP contribution in [0.1, 0.15) is 54.4 Å². The van der Waals surface area contributed by atoms with Gasteiger partial charge < -0.3 is 25.6 Å². The van der Waals surface area contributed by atoms with Crippen molar-refractivity contribution in [2.75, 3.05) is 18.4 Å². The van der Waals surface area contributed by atoms with E-state index in [0.717, 1.165) is 0 Å². The van der Waals surface area contributed by atoms with Gasteiger partial charge in [0.05, 0.1) is 0 Å². The molecule has 1 atom stereocenters. The van der Waals surface area contributed by atoms with Crippen LogP contribution in [-0.2, 0) is 9.53 Å². The fourth-order valence-electron chi connectivity index (χ4n) is 3.39. The van der Waals surface area contributed by atoms with Crippen LogP contribution in [0.4, 0.5) is 19.7 Å². The summed E-state index contributed by atoms with van der Waals surface area (Å²) in [6.45, 7) is 11.9. The van der Waals surface area contributed by atoms with E-state index in [1.165, 1.54) is 24.3 Å². The lowest BCUT2D eigenvalue weighted by atomic mass is 9.85. The molecular weight excluding hydrogens is 415 g/mol. The molecule has 1 fully saturated rings. The summed E-state index contributed by atoms with van der Waals surface area (Å²) in [5, 5.41) is 8.28. The SMILES string of the molecule is CC(C)(C)OC(=O)NC(C(=O)N1CCC(NC(=O)Nc2ccc(F)cc2)CC1)C(C)(C)C. The van der Waals surface area contributed by atoms with Crippen LogP contribution in [0.5, 0.6) is 0 Å². The highest BCUT2D eigenvalue weighted by molar-refractivity contribution is 5.89. The van der Waals surface area contributed by atoms with Crippen LogP contribution in [0.2, 0.25) is 0 Å². The minimum absolute atomic E-state index is 0.0913. The summed E-state index contributed by atoms with van der Waals surface area (Å²) in [5.74, 6) is -0.541. The second kappa shape index (κ2) is 10.2. The van der Waals surface area contributed by atoms with Crippen LogP contribution >= 0.6 is 0 Å². The van der Waals surface area contributed by atoms with Gasteiger partial charge >= 0.3 is 12.1 Å². The van der Waals surface area contributed by atoms with Crippen molar-refractivity contribution in [2.45, 2.75) is 72.1 Å². The van der Waals surface area contributed by atoms with Gasteiger partial charge in [-0.05, 0) is 63.3 Å². The zero-order valence-electron chi connectivity index (χ0n) is 19.8. The second-order valence-electron chi connectivity index (χ2n) is 10.2. The van der Waals surface area contributed by atoms with Gasteiger partial charge in [0.1, 0.15) is 17.5 Å². The molecule has 1 aromatic rings. The van der Waals surface area contributed by atoms with Crippen molar-refractivity contribution in [3.05, 3.63) is 30.1 Å². The van der Waals surface area contributed by atoms with Gasteiger partial charge in [0, 0.05) is 24.8 Å². The Hall–Kier alpha value is -2.84. The van der Waals surface area contributed by atoms with Crippen LogP contribution in [0, 0.1) is 11.2 Å². The highest BCUT2D eigenvalue weighted by atomic mass is 19.1. The van der Waals surface area contributed by atoms with Gasteiger partial charge in [-0.3, -0.25) is 4.79 Å². The minimum atomic E-state index is -0.733. The predicted molar refractivity (Wildman–Crippen MR) is 121 cm³/mol. The number of carbonyl (C=O) groups excluding carboxylic acids is 3. The van der Waals surface area contributed by atoms with Gasteiger partial charge in [-0.15, -0.1) is 0 Å². The maximum atomic E-state index is 13.2. The first kappa shape index (κ1) is 25.4. The number of ether oxygens (including phenoxy) is 1. The van der Waals surface area contributed by atoms with Crippen molar-refractivity contribution in [3.63, 3.8) is 0 Å². The van der Waals surface area contributed by atoms with Gasteiger partial charge in [-0.1, -0.05) is 20.8 Å². The molecule has 0 aliphatic carbocycles. The average molecular weight is 451 g/mol. The quantitative estimate of drug-likeness (QED) is 0.648. The normalized spacial score (nSPS) is 16.2. The topological polar surface area (TPSA) is 99.8 Å². The summed E-state index contributed by atoms with van der Waals surface area (Å²) in [7, 11) is 0. The van der Waals surface area contributed by atoms with E-state index in [4.69, 9.17) is 4.74 Å². The van der Waals surface area contributed by atoms with E-state index in [1.54, 1.807) is 25.7 Å². The number of nitrogens with one attached hydrogen (secondary N) is 3. The molecule has 32 heavy (non-hydrogen) atoms. The molecule has 0 radical (unpaired) electrons. The first-order chi connectivity index (χ1) is 14.7. The van der Waals surface area contributed by atoms with Gasteiger partial charge in [0.15, 0.2) is 0 Å². The Balaban J connectivity index is 1.89. The van der Waals surface area contributed by atoms with Crippen molar-refractivity contribution < 1.29 is 23.5 Å². The van der Waals surface area contributed by atoms with Crippen molar-refractivity contribution in [3.8, 4) is 0 Å². The number of amides is 4. The molecule has 1 aliphatic rings. The number of benzene rings is 1. The third-order valence-corrected chi connectivity index (χ3v) is 5.02.